The topological polar surface area (TPSA) is 42.2 Å². The lowest BCUT2D eigenvalue weighted by Gasteiger charge is -2.27. The molecule has 0 saturated heterocycles. The standard InChI is InChI=1S/C16H15ClFNO2/c1-16(2,13-7-5-11(18)10-14(13)17)19-15(20)8-6-12-4-3-9-21-12/h3-10H,1-2H3,(H,19,20)/b8-6+. The first-order valence-electron chi connectivity index (χ1n) is 6.38. The van der Waals surface area contributed by atoms with Crippen molar-refractivity contribution in [3.8, 4) is 0 Å². The van der Waals surface area contributed by atoms with Gasteiger partial charge in [-0.05, 0) is 49.8 Å². The van der Waals surface area contributed by atoms with E-state index in [2.05, 4.69) is 5.32 Å². The fraction of sp³-hybridized carbons (Fsp3) is 0.188. The molecule has 1 aromatic carbocycles. The van der Waals surface area contributed by atoms with Crippen LogP contribution in [0.2, 0.25) is 5.02 Å². The van der Waals surface area contributed by atoms with E-state index in [1.165, 1.54) is 24.5 Å². The van der Waals surface area contributed by atoms with Crippen molar-refractivity contribution >= 4 is 23.6 Å². The molecule has 1 amide bonds. The molecule has 3 nitrogen and oxygen atoms in total. The maximum atomic E-state index is 13.1. The average Bonchev–Trinajstić information content (AvgIpc) is 2.88. The van der Waals surface area contributed by atoms with Gasteiger partial charge < -0.3 is 9.73 Å². The molecule has 0 saturated carbocycles. The molecule has 0 aliphatic rings. The first kappa shape index (κ1) is 15.3. The minimum atomic E-state index is -0.727. The van der Waals surface area contributed by atoms with Gasteiger partial charge in [0.15, 0.2) is 0 Å². The fourth-order valence-corrected chi connectivity index (χ4v) is 2.36. The van der Waals surface area contributed by atoms with Gasteiger partial charge >= 0.3 is 0 Å². The third kappa shape index (κ3) is 3.95. The summed E-state index contributed by atoms with van der Waals surface area (Å²) < 4.78 is 18.2. The number of rotatable bonds is 4. The molecule has 1 N–H and O–H groups in total. The Kier molecular flexibility index (Phi) is 4.48. The van der Waals surface area contributed by atoms with Crippen molar-refractivity contribution in [1.82, 2.24) is 5.32 Å². The molecule has 0 aliphatic carbocycles. The van der Waals surface area contributed by atoms with Crippen LogP contribution < -0.4 is 5.32 Å². The Balaban J connectivity index is 2.11. The number of carbonyl (C=O) groups is 1. The van der Waals surface area contributed by atoms with E-state index < -0.39 is 11.4 Å². The van der Waals surface area contributed by atoms with Gasteiger partial charge in [-0.1, -0.05) is 17.7 Å². The van der Waals surface area contributed by atoms with Gasteiger partial charge in [0, 0.05) is 11.1 Å². The number of halogens is 2. The summed E-state index contributed by atoms with van der Waals surface area (Å²) in [5.41, 5.74) is -0.0830. The van der Waals surface area contributed by atoms with Crippen molar-refractivity contribution in [3.63, 3.8) is 0 Å². The van der Waals surface area contributed by atoms with Crippen LogP contribution in [0, 0.1) is 5.82 Å². The molecular formula is C16H15ClFNO2. The highest BCUT2D eigenvalue weighted by Gasteiger charge is 2.24. The van der Waals surface area contributed by atoms with Crippen molar-refractivity contribution in [2.45, 2.75) is 19.4 Å². The lowest BCUT2D eigenvalue weighted by Crippen LogP contribution is -2.40. The minimum absolute atomic E-state index is 0.273. The zero-order valence-electron chi connectivity index (χ0n) is 11.7. The Labute approximate surface area is 127 Å². The van der Waals surface area contributed by atoms with E-state index >= 15 is 0 Å². The number of furan rings is 1. The number of amides is 1. The number of nitrogens with one attached hydrogen (secondary N) is 1. The second-order valence-corrected chi connectivity index (χ2v) is 5.49. The summed E-state index contributed by atoms with van der Waals surface area (Å²) in [6, 6.07) is 7.58. The summed E-state index contributed by atoms with van der Waals surface area (Å²) in [4.78, 5) is 11.9. The van der Waals surface area contributed by atoms with Crippen LogP contribution in [0.15, 0.2) is 47.1 Å². The molecule has 0 atom stereocenters. The van der Waals surface area contributed by atoms with Crippen LogP contribution in [0.25, 0.3) is 6.08 Å². The predicted octanol–water partition coefficient (Wildman–Crippen LogP) is 4.14. The second kappa shape index (κ2) is 6.14. The van der Waals surface area contributed by atoms with Crippen molar-refractivity contribution < 1.29 is 13.6 Å². The van der Waals surface area contributed by atoms with Gasteiger partial charge in [0.2, 0.25) is 5.91 Å². The van der Waals surface area contributed by atoms with Crippen LogP contribution in [0.3, 0.4) is 0 Å². The van der Waals surface area contributed by atoms with Crippen molar-refractivity contribution in [2.24, 2.45) is 0 Å². The monoisotopic (exact) mass is 307 g/mol. The molecule has 0 fully saturated rings. The lowest BCUT2D eigenvalue weighted by atomic mass is 9.94. The normalized spacial score (nSPS) is 11.8. The quantitative estimate of drug-likeness (QED) is 0.863. The molecule has 2 rings (SSSR count). The van der Waals surface area contributed by atoms with Crippen molar-refractivity contribution in [1.29, 1.82) is 0 Å². The van der Waals surface area contributed by atoms with Gasteiger partial charge in [-0.15, -0.1) is 0 Å². The number of carbonyl (C=O) groups excluding carboxylic acids is 1. The molecule has 1 heterocycles. The van der Waals surface area contributed by atoms with Crippen LogP contribution in [-0.4, -0.2) is 5.91 Å². The summed E-state index contributed by atoms with van der Waals surface area (Å²) in [5.74, 6) is -0.122. The minimum Gasteiger partial charge on any atom is -0.465 e. The smallest absolute Gasteiger partial charge is 0.244 e. The van der Waals surface area contributed by atoms with Crippen LogP contribution in [0.4, 0.5) is 4.39 Å². The van der Waals surface area contributed by atoms with Gasteiger partial charge in [0.25, 0.3) is 0 Å². The highest BCUT2D eigenvalue weighted by Crippen LogP contribution is 2.28. The molecule has 0 radical (unpaired) electrons. The maximum absolute atomic E-state index is 13.1. The number of hydrogen-bond acceptors (Lipinski definition) is 2. The Morgan fingerprint density at radius 2 is 2.14 bits per heavy atom. The molecule has 0 unspecified atom stereocenters. The van der Waals surface area contributed by atoms with E-state index in [9.17, 15) is 9.18 Å². The fourth-order valence-electron chi connectivity index (χ4n) is 1.96. The summed E-state index contributed by atoms with van der Waals surface area (Å²) >= 11 is 6.03. The molecule has 0 bridgehead atoms. The maximum Gasteiger partial charge on any atom is 0.244 e. The summed E-state index contributed by atoms with van der Waals surface area (Å²) in [6.07, 6.45) is 4.47. The molecule has 1 aromatic heterocycles. The zero-order chi connectivity index (χ0) is 15.5. The van der Waals surface area contributed by atoms with E-state index in [0.717, 1.165) is 0 Å². The van der Waals surface area contributed by atoms with Crippen LogP contribution in [-0.2, 0) is 10.3 Å². The Hall–Kier alpha value is -2.07. The Morgan fingerprint density at radius 3 is 2.76 bits per heavy atom. The van der Waals surface area contributed by atoms with Gasteiger partial charge in [-0.2, -0.15) is 0 Å². The van der Waals surface area contributed by atoms with Gasteiger partial charge in [-0.25, -0.2) is 4.39 Å². The van der Waals surface area contributed by atoms with Crippen molar-refractivity contribution in [3.05, 3.63) is 64.8 Å². The van der Waals surface area contributed by atoms with E-state index in [-0.39, 0.29) is 10.9 Å². The van der Waals surface area contributed by atoms with Crippen LogP contribution >= 0.6 is 11.6 Å². The third-order valence-corrected chi connectivity index (χ3v) is 3.30. The second-order valence-electron chi connectivity index (χ2n) is 5.09. The van der Waals surface area contributed by atoms with Gasteiger partial charge in [0.1, 0.15) is 11.6 Å². The molecular weight excluding hydrogens is 293 g/mol. The first-order valence-corrected chi connectivity index (χ1v) is 6.75. The molecule has 2 aromatic rings. The first-order chi connectivity index (χ1) is 9.88. The van der Waals surface area contributed by atoms with E-state index in [4.69, 9.17) is 16.0 Å². The van der Waals surface area contributed by atoms with E-state index in [1.54, 1.807) is 38.1 Å². The molecule has 0 aliphatic heterocycles. The SMILES string of the molecule is CC(C)(NC(=O)/C=C/c1ccco1)c1ccc(F)cc1Cl. The highest BCUT2D eigenvalue weighted by atomic mass is 35.5. The van der Waals surface area contributed by atoms with Crippen LogP contribution in [0.1, 0.15) is 25.2 Å². The summed E-state index contributed by atoms with van der Waals surface area (Å²) in [5, 5.41) is 3.09. The summed E-state index contributed by atoms with van der Waals surface area (Å²) in [7, 11) is 0. The van der Waals surface area contributed by atoms with E-state index in [1.807, 2.05) is 0 Å². The average molecular weight is 308 g/mol. The number of benzene rings is 1. The molecule has 21 heavy (non-hydrogen) atoms. The molecule has 0 spiro atoms. The molecule has 110 valence electrons. The van der Waals surface area contributed by atoms with Gasteiger partial charge in [-0.3, -0.25) is 4.79 Å². The van der Waals surface area contributed by atoms with Gasteiger partial charge in [0.05, 0.1) is 11.8 Å². The van der Waals surface area contributed by atoms with Crippen LogP contribution in [0.5, 0.6) is 0 Å². The third-order valence-electron chi connectivity index (χ3n) is 2.98. The lowest BCUT2D eigenvalue weighted by molar-refractivity contribution is -0.118. The Morgan fingerprint density at radius 1 is 1.38 bits per heavy atom. The summed E-state index contributed by atoms with van der Waals surface area (Å²) in [6.45, 7) is 3.59. The number of hydrogen-bond donors (Lipinski definition) is 1. The largest absolute Gasteiger partial charge is 0.465 e. The predicted molar refractivity (Wildman–Crippen MR) is 80.3 cm³/mol. The highest BCUT2D eigenvalue weighted by molar-refractivity contribution is 6.31. The van der Waals surface area contributed by atoms with Crippen molar-refractivity contribution in [2.75, 3.05) is 0 Å². The van der Waals surface area contributed by atoms with E-state index in [0.29, 0.717) is 11.3 Å². The molecule has 5 heteroatoms. The zero-order valence-corrected chi connectivity index (χ0v) is 12.4. The Bertz CT molecular complexity index is 663.